The molecular formula is C27H37N3O3S. The van der Waals surface area contributed by atoms with E-state index in [0.29, 0.717) is 30.1 Å². The Morgan fingerprint density at radius 1 is 1.12 bits per heavy atom. The molecule has 1 fully saturated rings. The number of sulfonamides is 1. The Labute approximate surface area is 204 Å². The number of nitrogens with one attached hydrogen (secondary N) is 1. The molecule has 0 aliphatic carbocycles. The van der Waals surface area contributed by atoms with Crippen LogP contribution in [0, 0.1) is 5.92 Å². The van der Waals surface area contributed by atoms with Gasteiger partial charge < -0.3 is 10.2 Å². The van der Waals surface area contributed by atoms with E-state index in [0.717, 1.165) is 37.1 Å². The van der Waals surface area contributed by atoms with E-state index in [1.807, 2.05) is 50.2 Å². The predicted molar refractivity (Wildman–Crippen MR) is 138 cm³/mol. The Balaban J connectivity index is 1.70. The molecule has 0 saturated carbocycles. The van der Waals surface area contributed by atoms with Gasteiger partial charge in [-0.05, 0) is 72.6 Å². The summed E-state index contributed by atoms with van der Waals surface area (Å²) in [5.74, 6) is 0.542. The van der Waals surface area contributed by atoms with Gasteiger partial charge in [-0.2, -0.15) is 0 Å². The molecule has 2 aliphatic rings. The molecule has 2 aromatic carbocycles. The first-order valence-corrected chi connectivity index (χ1v) is 13.9. The number of piperidine rings is 1. The Morgan fingerprint density at radius 2 is 1.85 bits per heavy atom. The van der Waals surface area contributed by atoms with Gasteiger partial charge in [0.05, 0.1) is 10.6 Å². The zero-order valence-electron chi connectivity index (χ0n) is 20.8. The van der Waals surface area contributed by atoms with E-state index in [-0.39, 0.29) is 23.8 Å². The summed E-state index contributed by atoms with van der Waals surface area (Å²) >= 11 is 0. The Hall–Kier alpha value is -2.54. The van der Waals surface area contributed by atoms with Crippen molar-refractivity contribution in [2.45, 2.75) is 70.2 Å². The van der Waals surface area contributed by atoms with Gasteiger partial charge in [0.15, 0.2) is 0 Å². The summed E-state index contributed by atoms with van der Waals surface area (Å²) in [7, 11) is -3.73. The molecule has 6 nitrogen and oxygen atoms in total. The SMILES string of the molecule is CCc1ccc(N(CC(C)C)S(=O)(=O)c2ccc3c(c2)C(C)CCN3C2CCNC(=O)C2)cc1. The first-order chi connectivity index (χ1) is 16.2. The number of hydrogen-bond donors (Lipinski definition) is 1. The van der Waals surface area contributed by atoms with Crippen molar-refractivity contribution in [2.24, 2.45) is 5.92 Å². The molecule has 184 valence electrons. The Kier molecular flexibility index (Phi) is 7.22. The van der Waals surface area contributed by atoms with Crippen LogP contribution in [0.5, 0.6) is 0 Å². The van der Waals surface area contributed by atoms with E-state index < -0.39 is 10.0 Å². The fourth-order valence-electron chi connectivity index (χ4n) is 5.07. The summed E-state index contributed by atoms with van der Waals surface area (Å²) in [4.78, 5) is 14.6. The molecule has 2 heterocycles. The molecule has 0 radical (unpaired) electrons. The highest BCUT2D eigenvalue weighted by molar-refractivity contribution is 7.92. The molecule has 4 rings (SSSR count). The molecule has 2 aromatic rings. The van der Waals surface area contributed by atoms with Crippen LogP contribution in [0.2, 0.25) is 0 Å². The lowest BCUT2D eigenvalue weighted by molar-refractivity contribution is -0.122. The molecule has 2 unspecified atom stereocenters. The zero-order valence-corrected chi connectivity index (χ0v) is 21.6. The third-order valence-corrected chi connectivity index (χ3v) is 8.85. The van der Waals surface area contributed by atoms with Gasteiger partial charge in [0, 0.05) is 37.8 Å². The lowest BCUT2D eigenvalue weighted by atomic mass is 9.89. The van der Waals surface area contributed by atoms with Crippen molar-refractivity contribution in [3.05, 3.63) is 53.6 Å². The second kappa shape index (κ2) is 9.98. The zero-order chi connectivity index (χ0) is 24.5. The van der Waals surface area contributed by atoms with Gasteiger partial charge in [-0.25, -0.2) is 8.42 Å². The minimum atomic E-state index is -3.73. The summed E-state index contributed by atoms with van der Waals surface area (Å²) in [5, 5.41) is 2.91. The van der Waals surface area contributed by atoms with E-state index in [1.54, 1.807) is 10.4 Å². The van der Waals surface area contributed by atoms with Crippen LogP contribution in [-0.2, 0) is 21.2 Å². The van der Waals surface area contributed by atoms with Crippen LogP contribution in [0.3, 0.4) is 0 Å². The second-order valence-corrected chi connectivity index (χ2v) is 11.9. The number of benzene rings is 2. The van der Waals surface area contributed by atoms with Crippen LogP contribution in [0.4, 0.5) is 11.4 Å². The van der Waals surface area contributed by atoms with E-state index in [1.165, 1.54) is 5.56 Å². The third kappa shape index (κ3) is 4.95. The molecule has 7 heteroatoms. The highest BCUT2D eigenvalue weighted by Gasteiger charge is 2.33. The van der Waals surface area contributed by atoms with Crippen molar-refractivity contribution >= 4 is 27.3 Å². The number of aryl methyl sites for hydroxylation is 1. The van der Waals surface area contributed by atoms with Crippen molar-refractivity contribution < 1.29 is 13.2 Å². The lowest BCUT2D eigenvalue weighted by Gasteiger charge is -2.41. The van der Waals surface area contributed by atoms with Gasteiger partial charge in [0.1, 0.15) is 0 Å². The molecule has 0 bridgehead atoms. The Morgan fingerprint density at radius 3 is 2.50 bits per heavy atom. The molecule has 2 atom stereocenters. The van der Waals surface area contributed by atoms with Gasteiger partial charge in [0.25, 0.3) is 10.0 Å². The molecule has 1 N–H and O–H groups in total. The van der Waals surface area contributed by atoms with Crippen LogP contribution >= 0.6 is 0 Å². The first kappa shape index (κ1) is 24.6. The number of nitrogens with zero attached hydrogens (tertiary/aromatic N) is 2. The maximum absolute atomic E-state index is 13.9. The quantitative estimate of drug-likeness (QED) is 0.620. The predicted octanol–water partition coefficient (Wildman–Crippen LogP) is 4.69. The standard InChI is InChI=1S/C27H37N3O3S/c1-5-21-6-8-22(9-7-21)30(18-19(2)3)34(32,33)24-10-11-26-25(17-24)20(4)13-15-29(26)23-12-14-28-27(31)16-23/h6-11,17,19-20,23H,5,12-16,18H2,1-4H3,(H,28,31). The summed E-state index contributed by atoms with van der Waals surface area (Å²) in [6.45, 7) is 10.3. The van der Waals surface area contributed by atoms with Crippen LogP contribution in [-0.4, -0.2) is 40.0 Å². The Bertz CT molecular complexity index is 1130. The number of rotatable bonds is 7. The average molecular weight is 484 g/mol. The van der Waals surface area contributed by atoms with Crippen molar-refractivity contribution in [1.82, 2.24) is 5.32 Å². The number of amides is 1. The van der Waals surface area contributed by atoms with E-state index in [4.69, 9.17) is 0 Å². The van der Waals surface area contributed by atoms with Gasteiger partial charge in [-0.3, -0.25) is 9.10 Å². The van der Waals surface area contributed by atoms with Crippen LogP contribution in [0.1, 0.15) is 64.0 Å². The van der Waals surface area contributed by atoms with Gasteiger partial charge >= 0.3 is 0 Å². The summed E-state index contributed by atoms with van der Waals surface area (Å²) in [6.07, 6.45) is 3.27. The average Bonchev–Trinajstić information content (AvgIpc) is 2.82. The number of anilines is 2. The smallest absolute Gasteiger partial charge is 0.264 e. The van der Waals surface area contributed by atoms with Crippen molar-refractivity contribution in [3.63, 3.8) is 0 Å². The number of carbonyl (C=O) groups is 1. The summed E-state index contributed by atoms with van der Waals surface area (Å²) < 4.78 is 29.4. The van der Waals surface area contributed by atoms with Crippen molar-refractivity contribution in [2.75, 3.05) is 28.8 Å². The maximum Gasteiger partial charge on any atom is 0.264 e. The van der Waals surface area contributed by atoms with Crippen LogP contribution in [0.25, 0.3) is 0 Å². The summed E-state index contributed by atoms with van der Waals surface area (Å²) in [5.41, 5.74) is 4.01. The number of carbonyl (C=O) groups excluding carboxylic acids is 1. The summed E-state index contributed by atoms with van der Waals surface area (Å²) in [6, 6.07) is 13.6. The molecule has 2 aliphatic heterocycles. The normalized spacial score (nSPS) is 20.7. The topological polar surface area (TPSA) is 69.7 Å². The molecule has 34 heavy (non-hydrogen) atoms. The monoisotopic (exact) mass is 483 g/mol. The van der Waals surface area contributed by atoms with E-state index in [2.05, 4.69) is 24.1 Å². The molecule has 0 spiro atoms. The fourth-order valence-corrected chi connectivity index (χ4v) is 6.73. The molecule has 1 amide bonds. The molecule has 1 saturated heterocycles. The number of fused-ring (bicyclic) bond motifs is 1. The van der Waals surface area contributed by atoms with E-state index >= 15 is 0 Å². The fraction of sp³-hybridized carbons (Fsp3) is 0.519. The van der Waals surface area contributed by atoms with Gasteiger partial charge in [-0.1, -0.05) is 39.8 Å². The number of hydrogen-bond acceptors (Lipinski definition) is 4. The van der Waals surface area contributed by atoms with Crippen molar-refractivity contribution in [1.29, 1.82) is 0 Å². The van der Waals surface area contributed by atoms with Gasteiger partial charge in [-0.15, -0.1) is 0 Å². The highest BCUT2D eigenvalue weighted by atomic mass is 32.2. The van der Waals surface area contributed by atoms with Crippen LogP contribution < -0.4 is 14.5 Å². The lowest BCUT2D eigenvalue weighted by Crippen LogP contribution is -2.48. The van der Waals surface area contributed by atoms with Crippen LogP contribution in [0.15, 0.2) is 47.4 Å². The minimum absolute atomic E-state index is 0.0917. The van der Waals surface area contributed by atoms with E-state index in [9.17, 15) is 13.2 Å². The molecule has 0 aromatic heterocycles. The largest absolute Gasteiger partial charge is 0.368 e. The highest BCUT2D eigenvalue weighted by Crippen LogP contribution is 2.39. The second-order valence-electron chi connectivity index (χ2n) is 10.1. The van der Waals surface area contributed by atoms with Gasteiger partial charge in [0.2, 0.25) is 5.91 Å². The maximum atomic E-state index is 13.9. The first-order valence-electron chi connectivity index (χ1n) is 12.5. The third-order valence-electron chi connectivity index (χ3n) is 7.06. The minimum Gasteiger partial charge on any atom is -0.368 e. The van der Waals surface area contributed by atoms with Crippen molar-refractivity contribution in [3.8, 4) is 0 Å². The molecular weight excluding hydrogens is 446 g/mol.